The van der Waals surface area contributed by atoms with Gasteiger partial charge in [-0.2, -0.15) is 0 Å². The highest BCUT2D eigenvalue weighted by Gasteiger charge is 2.21. The molecule has 3 rings (SSSR count). The molecule has 0 aliphatic carbocycles. The van der Waals surface area contributed by atoms with E-state index >= 15 is 0 Å². The van der Waals surface area contributed by atoms with E-state index < -0.39 is 0 Å². The molecule has 0 saturated carbocycles. The van der Waals surface area contributed by atoms with E-state index in [2.05, 4.69) is 6.92 Å². The molecule has 1 heterocycles. The largest absolute Gasteiger partial charge is 0.508 e. The van der Waals surface area contributed by atoms with Crippen LogP contribution in [0.2, 0.25) is 0 Å². The molecule has 0 aliphatic heterocycles. The molecule has 0 radical (unpaired) electrons. The first-order chi connectivity index (χ1) is 10.7. The van der Waals surface area contributed by atoms with E-state index in [9.17, 15) is 9.90 Å². The molecule has 0 unspecified atom stereocenters. The Hall–Kier alpha value is -2.55. The van der Waals surface area contributed by atoms with Gasteiger partial charge in [0.1, 0.15) is 17.1 Å². The van der Waals surface area contributed by atoms with Crippen molar-refractivity contribution in [1.82, 2.24) is 0 Å². The lowest BCUT2D eigenvalue weighted by Crippen LogP contribution is -2.03. The maximum absolute atomic E-state index is 12.9. The number of rotatable bonds is 5. The standard InChI is InChI=1S/C19H18O3/c1-2-3-9-17-18(19(21)13-7-5-4-6-8-13)15-12-14(20)10-11-16(15)22-17/h4-8,10-12,20H,2-3,9H2,1H3. The summed E-state index contributed by atoms with van der Waals surface area (Å²) in [5.74, 6) is 0.782. The minimum Gasteiger partial charge on any atom is -0.508 e. The highest BCUT2D eigenvalue weighted by Crippen LogP contribution is 2.31. The molecule has 0 amide bonds. The van der Waals surface area contributed by atoms with Crippen molar-refractivity contribution in [3.05, 3.63) is 65.4 Å². The average Bonchev–Trinajstić information content (AvgIpc) is 2.90. The third-order valence-corrected chi connectivity index (χ3v) is 3.76. The first-order valence-corrected chi connectivity index (χ1v) is 7.55. The first kappa shape index (κ1) is 14.4. The molecule has 1 N–H and O–H groups in total. The zero-order chi connectivity index (χ0) is 15.5. The molecule has 112 valence electrons. The summed E-state index contributed by atoms with van der Waals surface area (Å²) in [6, 6.07) is 14.1. The molecule has 0 fully saturated rings. The van der Waals surface area contributed by atoms with Crippen molar-refractivity contribution in [2.24, 2.45) is 0 Å². The number of carbonyl (C=O) groups excluding carboxylic acids is 1. The minimum atomic E-state index is -0.0592. The Bertz CT molecular complexity index is 800. The van der Waals surface area contributed by atoms with Crippen LogP contribution in [0.25, 0.3) is 11.0 Å². The molecular weight excluding hydrogens is 276 g/mol. The highest BCUT2D eigenvalue weighted by molar-refractivity contribution is 6.17. The molecule has 0 aliphatic rings. The van der Waals surface area contributed by atoms with Crippen LogP contribution in [0.3, 0.4) is 0 Å². The van der Waals surface area contributed by atoms with Crippen molar-refractivity contribution in [2.45, 2.75) is 26.2 Å². The van der Waals surface area contributed by atoms with Gasteiger partial charge in [-0.25, -0.2) is 0 Å². The smallest absolute Gasteiger partial charge is 0.197 e. The Morgan fingerprint density at radius 2 is 1.91 bits per heavy atom. The molecule has 3 heteroatoms. The highest BCUT2D eigenvalue weighted by atomic mass is 16.3. The minimum absolute atomic E-state index is 0.0592. The van der Waals surface area contributed by atoms with Crippen LogP contribution in [0.1, 0.15) is 41.4 Å². The lowest BCUT2D eigenvalue weighted by Gasteiger charge is -2.03. The predicted octanol–water partition coefficient (Wildman–Crippen LogP) is 4.71. The number of hydrogen-bond donors (Lipinski definition) is 1. The van der Waals surface area contributed by atoms with Crippen molar-refractivity contribution >= 4 is 16.8 Å². The fraction of sp³-hybridized carbons (Fsp3) is 0.211. The summed E-state index contributed by atoms with van der Waals surface area (Å²) in [4.78, 5) is 12.9. The number of furan rings is 1. The van der Waals surface area contributed by atoms with Gasteiger partial charge in [-0.1, -0.05) is 43.7 Å². The fourth-order valence-corrected chi connectivity index (χ4v) is 2.63. The normalized spacial score (nSPS) is 11.0. The first-order valence-electron chi connectivity index (χ1n) is 7.55. The van der Waals surface area contributed by atoms with Crippen molar-refractivity contribution in [3.63, 3.8) is 0 Å². The Labute approximate surface area is 129 Å². The zero-order valence-electron chi connectivity index (χ0n) is 12.5. The van der Waals surface area contributed by atoms with Crippen LogP contribution in [0.4, 0.5) is 0 Å². The van der Waals surface area contributed by atoms with Gasteiger partial charge >= 0.3 is 0 Å². The quantitative estimate of drug-likeness (QED) is 0.693. The van der Waals surface area contributed by atoms with Crippen LogP contribution in [-0.2, 0) is 6.42 Å². The number of phenols is 1. The van der Waals surface area contributed by atoms with Gasteiger partial charge in [0.2, 0.25) is 0 Å². The van der Waals surface area contributed by atoms with Gasteiger partial charge in [0.25, 0.3) is 0 Å². The van der Waals surface area contributed by atoms with Crippen molar-refractivity contribution < 1.29 is 14.3 Å². The second-order valence-electron chi connectivity index (χ2n) is 5.38. The monoisotopic (exact) mass is 294 g/mol. The summed E-state index contributed by atoms with van der Waals surface area (Å²) in [5.41, 5.74) is 1.85. The van der Waals surface area contributed by atoms with E-state index in [-0.39, 0.29) is 11.5 Å². The number of fused-ring (bicyclic) bond motifs is 1. The van der Waals surface area contributed by atoms with Crippen molar-refractivity contribution in [1.29, 1.82) is 0 Å². The lowest BCUT2D eigenvalue weighted by molar-refractivity contribution is 0.103. The summed E-state index contributed by atoms with van der Waals surface area (Å²) in [6.45, 7) is 2.10. The maximum Gasteiger partial charge on any atom is 0.197 e. The van der Waals surface area contributed by atoms with Gasteiger partial charge in [0, 0.05) is 17.4 Å². The van der Waals surface area contributed by atoms with Crippen LogP contribution in [0, 0.1) is 0 Å². The fourth-order valence-electron chi connectivity index (χ4n) is 2.63. The molecule has 0 atom stereocenters. The Morgan fingerprint density at radius 3 is 2.64 bits per heavy atom. The van der Waals surface area contributed by atoms with Crippen molar-refractivity contribution in [3.8, 4) is 5.75 Å². The Kier molecular flexibility index (Phi) is 3.96. The molecule has 0 saturated heterocycles. The molecule has 1 aromatic heterocycles. The number of carbonyl (C=O) groups is 1. The van der Waals surface area contributed by atoms with E-state index in [1.54, 1.807) is 30.3 Å². The molecular formula is C19H18O3. The summed E-state index contributed by atoms with van der Waals surface area (Å²) in [7, 11) is 0. The van der Waals surface area contributed by atoms with Gasteiger partial charge in [-0.15, -0.1) is 0 Å². The van der Waals surface area contributed by atoms with Crippen LogP contribution < -0.4 is 0 Å². The lowest BCUT2D eigenvalue weighted by atomic mass is 9.98. The van der Waals surface area contributed by atoms with Crippen LogP contribution in [0.15, 0.2) is 52.9 Å². The number of aromatic hydroxyl groups is 1. The van der Waals surface area contributed by atoms with Crippen molar-refractivity contribution in [2.75, 3.05) is 0 Å². The second kappa shape index (κ2) is 6.06. The zero-order valence-corrected chi connectivity index (χ0v) is 12.5. The summed E-state index contributed by atoms with van der Waals surface area (Å²) >= 11 is 0. The summed E-state index contributed by atoms with van der Waals surface area (Å²) in [5, 5.41) is 10.4. The van der Waals surface area contributed by atoms with Crippen LogP contribution in [-0.4, -0.2) is 10.9 Å². The molecule has 2 aromatic carbocycles. The Balaban J connectivity index is 2.16. The van der Waals surface area contributed by atoms with E-state index in [4.69, 9.17) is 4.42 Å². The van der Waals surface area contributed by atoms with E-state index in [1.165, 1.54) is 0 Å². The van der Waals surface area contributed by atoms with E-state index in [0.29, 0.717) is 27.9 Å². The topological polar surface area (TPSA) is 50.4 Å². The van der Waals surface area contributed by atoms with E-state index in [1.807, 2.05) is 18.2 Å². The SMILES string of the molecule is CCCCc1oc2ccc(O)cc2c1C(=O)c1ccccc1. The molecule has 3 nitrogen and oxygen atoms in total. The van der Waals surface area contributed by atoms with Crippen LogP contribution >= 0.6 is 0 Å². The summed E-state index contributed by atoms with van der Waals surface area (Å²) in [6.07, 6.45) is 2.71. The number of phenolic OH excluding ortho intramolecular Hbond substituents is 1. The third kappa shape index (κ3) is 2.62. The maximum atomic E-state index is 12.9. The number of aryl methyl sites for hydroxylation is 1. The molecule has 3 aromatic rings. The van der Waals surface area contributed by atoms with Gasteiger partial charge < -0.3 is 9.52 Å². The average molecular weight is 294 g/mol. The van der Waals surface area contributed by atoms with Crippen LogP contribution in [0.5, 0.6) is 5.75 Å². The van der Waals surface area contributed by atoms with Gasteiger partial charge in [-0.3, -0.25) is 4.79 Å². The van der Waals surface area contributed by atoms with Gasteiger partial charge in [0.05, 0.1) is 5.56 Å². The number of hydrogen-bond acceptors (Lipinski definition) is 3. The molecule has 0 bridgehead atoms. The predicted molar refractivity (Wildman–Crippen MR) is 86.4 cm³/mol. The summed E-state index contributed by atoms with van der Waals surface area (Å²) < 4.78 is 5.87. The van der Waals surface area contributed by atoms with E-state index in [0.717, 1.165) is 19.3 Å². The molecule has 22 heavy (non-hydrogen) atoms. The Morgan fingerprint density at radius 1 is 1.14 bits per heavy atom. The number of unbranched alkanes of at least 4 members (excludes halogenated alkanes) is 1. The third-order valence-electron chi connectivity index (χ3n) is 3.76. The number of benzene rings is 2. The number of ketones is 1. The molecule has 0 spiro atoms. The van der Waals surface area contributed by atoms with Gasteiger partial charge in [0.15, 0.2) is 5.78 Å². The second-order valence-corrected chi connectivity index (χ2v) is 5.38. The van der Waals surface area contributed by atoms with Gasteiger partial charge in [-0.05, 0) is 24.6 Å².